The number of fused-ring (bicyclic) bond motifs is 1. The van der Waals surface area contributed by atoms with Gasteiger partial charge in [0.1, 0.15) is 0 Å². The van der Waals surface area contributed by atoms with Crippen molar-refractivity contribution in [3.8, 4) is 0 Å². The zero-order chi connectivity index (χ0) is 19.6. The Hall–Kier alpha value is -2.33. The molecule has 142 valence electrons. The molecule has 1 aliphatic heterocycles. The molecule has 1 N–H and O–H groups in total. The van der Waals surface area contributed by atoms with Gasteiger partial charge in [0.2, 0.25) is 0 Å². The van der Waals surface area contributed by atoms with E-state index in [1.54, 1.807) is 30.5 Å². The van der Waals surface area contributed by atoms with Crippen molar-refractivity contribution < 1.29 is 4.79 Å². The Morgan fingerprint density at radius 2 is 2.11 bits per heavy atom. The van der Waals surface area contributed by atoms with Crippen LogP contribution in [-0.2, 0) is 0 Å². The number of hydrogen-bond acceptors (Lipinski definition) is 3. The number of hydrogen-bond donors (Lipinski definition) is 1. The first-order valence-corrected chi connectivity index (χ1v) is 9.70. The normalized spacial score (nSPS) is 18.4. The Balaban J connectivity index is 1.76. The molecule has 27 heavy (non-hydrogen) atoms. The van der Waals surface area contributed by atoms with Gasteiger partial charge in [-0.05, 0) is 74.6 Å². The Kier molecular flexibility index (Phi) is 5.56. The van der Waals surface area contributed by atoms with Crippen molar-refractivity contribution in [3.05, 3.63) is 64.2 Å². The Morgan fingerprint density at radius 3 is 2.81 bits per heavy atom. The number of anilines is 1. The molecule has 0 aromatic heterocycles. The van der Waals surface area contributed by atoms with E-state index in [1.807, 2.05) is 6.07 Å². The van der Waals surface area contributed by atoms with E-state index in [1.165, 1.54) is 11.3 Å². The summed E-state index contributed by atoms with van der Waals surface area (Å²) in [6.45, 7) is 10.1. The summed E-state index contributed by atoms with van der Waals surface area (Å²) >= 11 is 5.92. The number of hydrazone groups is 1. The zero-order valence-electron chi connectivity index (χ0n) is 16.3. The van der Waals surface area contributed by atoms with Gasteiger partial charge in [0.05, 0.1) is 6.21 Å². The van der Waals surface area contributed by atoms with Crippen LogP contribution in [0.1, 0.15) is 61.5 Å². The predicted molar refractivity (Wildman–Crippen MR) is 113 cm³/mol. The molecule has 3 rings (SSSR count). The standard InChI is InChI=1S/C22H26ClN3O/c1-5-26-20-10-9-16(11-19(20)15(2)13-22(26,3)4)14-24-25-21(27)17-7-6-8-18(23)12-17/h6-12,14-15H,5,13H2,1-4H3,(H,25,27)/b24-14-/t15-/m1/s1. The van der Waals surface area contributed by atoms with E-state index in [2.05, 4.69) is 55.3 Å². The quantitative estimate of drug-likeness (QED) is 0.581. The molecule has 0 saturated heterocycles. The van der Waals surface area contributed by atoms with Gasteiger partial charge in [-0.15, -0.1) is 0 Å². The summed E-state index contributed by atoms with van der Waals surface area (Å²) in [4.78, 5) is 14.6. The number of benzene rings is 2. The third-order valence-electron chi connectivity index (χ3n) is 5.19. The maximum atomic E-state index is 12.1. The number of carbonyl (C=O) groups excluding carboxylic acids is 1. The van der Waals surface area contributed by atoms with Crippen molar-refractivity contribution in [1.82, 2.24) is 5.43 Å². The molecule has 5 heteroatoms. The van der Waals surface area contributed by atoms with E-state index in [0.717, 1.165) is 18.5 Å². The summed E-state index contributed by atoms with van der Waals surface area (Å²) < 4.78 is 0. The van der Waals surface area contributed by atoms with E-state index in [4.69, 9.17) is 11.6 Å². The number of amides is 1. The van der Waals surface area contributed by atoms with E-state index in [9.17, 15) is 4.79 Å². The highest BCUT2D eigenvalue weighted by molar-refractivity contribution is 6.30. The topological polar surface area (TPSA) is 44.7 Å². The second-order valence-electron chi connectivity index (χ2n) is 7.69. The maximum Gasteiger partial charge on any atom is 0.271 e. The molecular weight excluding hydrogens is 358 g/mol. The summed E-state index contributed by atoms with van der Waals surface area (Å²) in [6.07, 6.45) is 2.80. The van der Waals surface area contributed by atoms with E-state index in [-0.39, 0.29) is 11.4 Å². The molecule has 0 bridgehead atoms. The molecule has 0 aliphatic carbocycles. The van der Waals surface area contributed by atoms with Crippen LogP contribution in [0.4, 0.5) is 5.69 Å². The molecule has 1 heterocycles. The maximum absolute atomic E-state index is 12.1. The molecule has 2 aromatic carbocycles. The van der Waals surface area contributed by atoms with Gasteiger partial charge in [-0.3, -0.25) is 4.79 Å². The largest absolute Gasteiger partial charge is 0.366 e. The summed E-state index contributed by atoms with van der Waals surface area (Å²) in [6, 6.07) is 13.2. The lowest BCUT2D eigenvalue weighted by Gasteiger charge is -2.47. The average Bonchev–Trinajstić information content (AvgIpc) is 2.61. The lowest BCUT2D eigenvalue weighted by atomic mass is 9.79. The van der Waals surface area contributed by atoms with Crippen LogP contribution in [0.15, 0.2) is 47.6 Å². The number of nitrogens with one attached hydrogen (secondary N) is 1. The van der Waals surface area contributed by atoms with Crippen LogP contribution in [0.2, 0.25) is 5.02 Å². The van der Waals surface area contributed by atoms with Crippen molar-refractivity contribution >= 4 is 29.4 Å². The summed E-state index contributed by atoms with van der Waals surface area (Å²) in [5, 5.41) is 4.63. The first-order valence-electron chi connectivity index (χ1n) is 9.32. The van der Waals surface area contributed by atoms with E-state index in [0.29, 0.717) is 16.5 Å². The molecule has 1 amide bonds. The fraction of sp³-hybridized carbons (Fsp3) is 0.364. The van der Waals surface area contributed by atoms with Crippen molar-refractivity contribution in [2.45, 2.75) is 45.6 Å². The molecule has 0 unspecified atom stereocenters. The molecule has 0 saturated carbocycles. The van der Waals surface area contributed by atoms with Crippen LogP contribution in [0.5, 0.6) is 0 Å². The van der Waals surface area contributed by atoms with Gasteiger partial charge in [-0.2, -0.15) is 5.10 Å². The van der Waals surface area contributed by atoms with Gasteiger partial charge >= 0.3 is 0 Å². The number of rotatable bonds is 4. The van der Waals surface area contributed by atoms with Crippen LogP contribution in [0.3, 0.4) is 0 Å². The first kappa shape index (κ1) is 19.4. The first-order chi connectivity index (χ1) is 12.8. The fourth-order valence-electron chi connectivity index (χ4n) is 4.05. The van der Waals surface area contributed by atoms with E-state index < -0.39 is 0 Å². The molecule has 0 spiro atoms. The summed E-state index contributed by atoms with van der Waals surface area (Å²) in [7, 11) is 0. The van der Waals surface area contributed by atoms with Crippen LogP contribution < -0.4 is 10.3 Å². The fourth-order valence-corrected chi connectivity index (χ4v) is 4.24. The van der Waals surface area contributed by atoms with E-state index >= 15 is 0 Å². The van der Waals surface area contributed by atoms with Crippen molar-refractivity contribution in [2.24, 2.45) is 5.10 Å². The highest BCUT2D eigenvalue weighted by atomic mass is 35.5. The number of halogens is 1. The highest BCUT2D eigenvalue weighted by Crippen LogP contribution is 2.43. The van der Waals surface area contributed by atoms with Crippen molar-refractivity contribution in [3.63, 3.8) is 0 Å². The second kappa shape index (κ2) is 7.73. The molecule has 0 radical (unpaired) electrons. The predicted octanol–water partition coefficient (Wildman–Crippen LogP) is 5.22. The lowest BCUT2D eigenvalue weighted by Crippen LogP contribution is -2.48. The van der Waals surface area contributed by atoms with Gasteiger partial charge < -0.3 is 4.90 Å². The highest BCUT2D eigenvalue weighted by Gasteiger charge is 2.35. The molecular formula is C22H26ClN3O. The van der Waals surface area contributed by atoms with Crippen LogP contribution >= 0.6 is 11.6 Å². The minimum absolute atomic E-state index is 0.154. The molecule has 2 aromatic rings. The zero-order valence-corrected chi connectivity index (χ0v) is 17.0. The monoisotopic (exact) mass is 383 g/mol. The Bertz CT molecular complexity index is 876. The second-order valence-corrected chi connectivity index (χ2v) is 8.13. The molecule has 0 fully saturated rings. The Labute approximate surface area is 166 Å². The minimum Gasteiger partial charge on any atom is -0.366 e. The van der Waals surface area contributed by atoms with Crippen LogP contribution in [0.25, 0.3) is 0 Å². The van der Waals surface area contributed by atoms with Gasteiger partial charge in [0.15, 0.2) is 0 Å². The van der Waals surface area contributed by atoms with Gasteiger partial charge in [-0.25, -0.2) is 5.43 Å². The van der Waals surface area contributed by atoms with Gasteiger partial charge in [0.25, 0.3) is 5.91 Å². The van der Waals surface area contributed by atoms with Gasteiger partial charge in [-0.1, -0.05) is 30.7 Å². The van der Waals surface area contributed by atoms with Crippen LogP contribution in [-0.4, -0.2) is 24.2 Å². The summed E-state index contributed by atoms with van der Waals surface area (Å²) in [5.74, 6) is 0.200. The third-order valence-corrected chi connectivity index (χ3v) is 5.43. The molecule has 4 nitrogen and oxygen atoms in total. The molecule has 1 aliphatic rings. The van der Waals surface area contributed by atoms with Crippen molar-refractivity contribution in [2.75, 3.05) is 11.4 Å². The third kappa shape index (κ3) is 4.16. The SMILES string of the molecule is CCN1c2ccc(/C=N\NC(=O)c3cccc(Cl)c3)cc2[C@H](C)CC1(C)C. The number of carbonyl (C=O) groups is 1. The average molecular weight is 384 g/mol. The number of nitrogens with zero attached hydrogens (tertiary/aromatic N) is 2. The lowest BCUT2D eigenvalue weighted by molar-refractivity contribution is 0.0955. The van der Waals surface area contributed by atoms with Gasteiger partial charge in [0, 0.05) is 28.4 Å². The minimum atomic E-state index is -0.279. The van der Waals surface area contributed by atoms with Crippen molar-refractivity contribution in [1.29, 1.82) is 0 Å². The summed E-state index contributed by atoms with van der Waals surface area (Å²) in [5.41, 5.74) is 6.80. The van der Waals surface area contributed by atoms with Crippen LogP contribution in [0, 0.1) is 0 Å². The smallest absolute Gasteiger partial charge is 0.271 e. The Morgan fingerprint density at radius 1 is 1.33 bits per heavy atom. The molecule has 1 atom stereocenters.